The predicted octanol–water partition coefficient (Wildman–Crippen LogP) is 1.83. The summed E-state index contributed by atoms with van der Waals surface area (Å²) in [5.41, 5.74) is 0.471. The van der Waals surface area contributed by atoms with E-state index in [0.717, 1.165) is 0 Å². The lowest BCUT2D eigenvalue weighted by molar-refractivity contribution is 0.205. The molecule has 1 heterocycles. The first kappa shape index (κ1) is 9.44. The summed E-state index contributed by atoms with van der Waals surface area (Å²) in [5, 5.41) is 0. The third kappa shape index (κ3) is 2.14. The van der Waals surface area contributed by atoms with Crippen molar-refractivity contribution in [2.75, 3.05) is 33.8 Å². The largest absolute Gasteiger partial charge is 0.273 e. The lowest BCUT2D eigenvalue weighted by atomic mass is 9.93. The maximum atomic E-state index is 2.47. The third-order valence-corrected chi connectivity index (χ3v) is 4.56. The highest BCUT2D eigenvalue weighted by Crippen LogP contribution is 2.45. The van der Waals surface area contributed by atoms with E-state index in [-0.39, 0.29) is 8.22 Å². The number of hydrogen-bond acceptors (Lipinski definition) is 2. The SMILES string of the molecule is CN1CC(C)(C)CN(C)P1C. The van der Waals surface area contributed by atoms with E-state index < -0.39 is 0 Å². The van der Waals surface area contributed by atoms with E-state index in [2.05, 4.69) is 43.9 Å². The van der Waals surface area contributed by atoms with Gasteiger partial charge < -0.3 is 0 Å². The molecule has 66 valence electrons. The molecule has 3 heteroatoms. The molecule has 1 saturated heterocycles. The summed E-state index contributed by atoms with van der Waals surface area (Å²) in [6.45, 7) is 9.47. The zero-order valence-corrected chi connectivity index (χ0v) is 9.15. The molecular formula is C8H19N2P. The fraction of sp³-hybridized carbons (Fsp3) is 1.00. The summed E-state index contributed by atoms with van der Waals surface area (Å²) in [6, 6.07) is 0. The highest BCUT2D eigenvalue weighted by atomic mass is 31.1. The molecule has 0 saturated carbocycles. The van der Waals surface area contributed by atoms with Gasteiger partial charge in [0.1, 0.15) is 0 Å². The van der Waals surface area contributed by atoms with Crippen LogP contribution in [0.3, 0.4) is 0 Å². The molecule has 0 aliphatic carbocycles. The summed E-state index contributed by atoms with van der Waals surface area (Å²) in [6.07, 6.45) is 0. The van der Waals surface area contributed by atoms with Crippen LogP contribution in [0.1, 0.15) is 13.8 Å². The Morgan fingerprint density at radius 2 is 1.45 bits per heavy atom. The highest BCUT2D eigenvalue weighted by Gasteiger charge is 2.31. The van der Waals surface area contributed by atoms with Gasteiger partial charge in [-0.2, -0.15) is 0 Å². The summed E-state index contributed by atoms with van der Waals surface area (Å²) < 4.78 is 4.94. The summed E-state index contributed by atoms with van der Waals surface area (Å²) >= 11 is 0. The molecule has 11 heavy (non-hydrogen) atoms. The van der Waals surface area contributed by atoms with Gasteiger partial charge in [0.05, 0.1) is 0 Å². The van der Waals surface area contributed by atoms with Gasteiger partial charge in [-0.3, -0.25) is 9.34 Å². The first-order valence-corrected chi connectivity index (χ1v) is 5.78. The minimum Gasteiger partial charge on any atom is -0.273 e. The van der Waals surface area contributed by atoms with Gasteiger partial charge in [0.2, 0.25) is 0 Å². The average Bonchev–Trinajstić information content (AvgIpc) is 1.81. The number of nitrogens with zero attached hydrogens (tertiary/aromatic N) is 2. The molecule has 0 aromatic rings. The first-order valence-electron chi connectivity index (χ1n) is 4.08. The van der Waals surface area contributed by atoms with E-state index >= 15 is 0 Å². The van der Waals surface area contributed by atoms with Crippen molar-refractivity contribution in [3.8, 4) is 0 Å². The molecule has 0 bridgehead atoms. The van der Waals surface area contributed by atoms with Gasteiger partial charge in [0, 0.05) is 21.3 Å². The Labute approximate surface area is 71.4 Å². The molecule has 0 aromatic carbocycles. The first-order chi connectivity index (χ1) is 4.92. The maximum absolute atomic E-state index is 2.47. The normalized spacial score (nSPS) is 29.2. The smallest absolute Gasteiger partial charge is 0.0356 e. The van der Waals surface area contributed by atoms with E-state index in [9.17, 15) is 0 Å². The molecule has 0 unspecified atom stereocenters. The van der Waals surface area contributed by atoms with Crippen LogP contribution in [0.4, 0.5) is 0 Å². The summed E-state index contributed by atoms with van der Waals surface area (Å²) in [5.74, 6) is 0. The second-order valence-electron chi connectivity index (χ2n) is 4.29. The topological polar surface area (TPSA) is 6.48 Å². The molecular weight excluding hydrogens is 155 g/mol. The lowest BCUT2D eigenvalue weighted by Gasteiger charge is -2.46. The van der Waals surface area contributed by atoms with Crippen molar-refractivity contribution in [1.82, 2.24) is 9.34 Å². The quantitative estimate of drug-likeness (QED) is 0.517. The fourth-order valence-electron chi connectivity index (χ4n) is 1.75. The summed E-state index contributed by atoms with van der Waals surface area (Å²) in [7, 11) is 4.44. The van der Waals surface area contributed by atoms with E-state index in [1.165, 1.54) is 13.1 Å². The van der Waals surface area contributed by atoms with Gasteiger partial charge >= 0.3 is 0 Å². The monoisotopic (exact) mass is 174 g/mol. The Balaban J connectivity index is 2.62. The highest BCUT2D eigenvalue weighted by molar-refractivity contribution is 7.51. The Hall–Kier alpha value is 0.350. The van der Waals surface area contributed by atoms with Crippen LogP contribution in [0.5, 0.6) is 0 Å². The van der Waals surface area contributed by atoms with Gasteiger partial charge in [-0.15, -0.1) is 0 Å². The fourth-order valence-corrected chi connectivity index (χ4v) is 3.45. The van der Waals surface area contributed by atoms with Crippen LogP contribution in [0.15, 0.2) is 0 Å². The van der Waals surface area contributed by atoms with Crippen LogP contribution in [0.2, 0.25) is 0 Å². The molecule has 0 atom stereocenters. The third-order valence-electron chi connectivity index (χ3n) is 2.30. The van der Waals surface area contributed by atoms with Crippen LogP contribution in [-0.4, -0.2) is 43.2 Å². The standard InChI is InChI=1S/C8H19N2P/c1-8(2)6-9(3)11(5)10(4)7-8/h6-7H2,1-5H3. The Morgan fingerprint density at radius 3 is 1.82 bits per heavy atom. The van der Waals surface area contributed by atoms with Crippen molar-refractivity contribution in [3.63, 3.8) is 0 Å². The predicted molar refractivity (Wildman–Crippen MR) is 51.9 cm³/mol. The van der Waals surface area contributed by atoms with Gasteiger partial charge in [-0.25, -0.2) is 0 Å². The van der Waals surface area contributed by atoms with E-state index in [4.69, 9.17) is 0 Å². The van der Waals surface area contributed by atoms with Gasteiger partial charge in [-0.05, 0) is 26.2 Å². The molecule has 1 aliphatic heterocycles. The van der Waals surface area contributed by atoms with Crippen molar-refractivity contribution in [1.29, 1.82) is 0 Å². The number of hydrogen-bond donors (Lipinski definition) is 0. The van der Waals surface area contributed by atoms with Crippen LogP contribution in [0.25, 0.3) is 0 Å². The lowest BCUT2D eigenvalue weighted by Crippen LogP contribution is -2.44. The van der Waals surface area contributed by atoms with Crippen molar-refractivity contribution < 1.29 is 0 Å². The van der Waals surface area contributed by atoms with Crippen molar-refractivity contribution in [2.24, 2.45) is 5.41 Å². The van der Waals surface area contributed by atoms with Crippen molar-refractivity contribution in [2.45, 2.75) is 13.8 Å². The van der Waals surface area contributed by atoms with Crippen LogP contribution in [0, 0.1) is 5.41 Å². The molecule has 0 radical (unpaired) electrons. The van der Waals surface area contributed by atoms with Crippen LogP contribution >= 0.6 is 8.22 Å². The Kier molecular flexibility index (Phi) is 2.58. The van der Waals surface area contributed by atoms with E-state index in [1.54, 1.807) is 0 Å². The number of rotatable bonds is 0. The van der Waals surface area contributed by atoms with Gasteiger partial charge in [0.25, 0.3) is 0 Å². The molecule has 0 N–H and O–H groups in total. The second kappa shape index (κ2) is 3.01. The maximum Gasteiger partial charge on any atom is 0.0356 e. The van der Waals surface area contributed by atoms with Crippen LogP contribution in [-0.2, 0) is 0 Å². The molecule has 0 amide bonds. The molecule has 0 aromatic heterocycles. The Bertz CT molecular complexity index is 133. The molecule has 0 spiro atoms. The zero-order chi connectivity index (χ0) is 8.65. The molecule has 1 rings (SSSR count). The minimum atomic E-state index is -0.00585. The molecule has 1 aliphatic rings. The van der Waals surface area contributed by atoms with Gasteiger partial charge in [0.15, 0.2) is 0 Å². The van der Waals surface area contributed by atoms with Gasteiger partial charge in [-0.1, -0.05) is 13.8 Å². The molecule has 2 nitrogen and oxygen atoms in total. The van der Waals surface area contributed by atoms with E-state index in [1.807, 2.05) is 0 Å². The second-order valence-corrected chi connectivity index (χ2v) is 6.63. The van der Waals surface area contributed by atoms with Crippen LogP contribution < -0.4 is 0 Å². The Morgan fingerprint density at radius 1 is 1.09 bits per heavy atom. The van der Waals surface area contributed by atoms with E-state index in [0.29, 0.717) is 5.41 Å². The van der Waals surface area contributed by atoms with Crippen molar-refractivity contribution >= 4 is 8.22 Å². The molecule has 1 fully saturated rings. The average molecular weight is 174 g/mol. The minimum absolute atomic E-state index is 0.00585. The van der Waals surface area contributed by atoms with Crippen molar-refractivity contribution in [3.05, 3.63) is 0 Å². The summed E-state index contributed by atoms with van der Waals surface area (Å²) in [4.78, 5) is 0. The zero-order valence-electron chi connectivity index (χ0n) is 8.26.